The van der Waals surface area contributed by atoms with Crippen LogP contribution < -0.4 is 0 Å². The molecule has 4 N–H and O–H groups in total. The van der Waals surface area contributed by atoms with Crippen LogP contribution in [0.4, 0.5) is 0 Å². The molecule has 2 unspecified atom stereocenters. The number of fused-ring (bicyclic) bond motifs is 3. The standard InChI is InChI=1S/C20H32O5/c1-10(8-21)12-7-13-16(2)9-19(23)18(12,4)20(13,24)15(25-19)14-11(16)5-6-17(14,3)22/h10-15,21-24H,5-9H2,1-4H3/t10?,11-,12-,13-,14+,15+,16+,17-,18+,19?,20+/m0/s1. The van der Waals surface area contributed by atoms with E-state index >= 15 is 0 Å². The van der Waals surface area contributed by atoms with Gasteiger partial charge in [0, 0.05) is 18.9 Å². The molecule has 25 heavy (non-hydrogen) atoms. The van der Waals surface area contributed by atoms with Crippen LogP contribution in [0.2, 0.25) is 0 Å². The van der Waals surface area contributed by atoms with Gasteiger partial charge in [-0.3, -0.25) is 0 Å². The van der Waals surface area contributed by atoms with Gasteiger partial charge < -0.3 is 25.2 Å². The van der Waals surface area contributed by atoms with Gasteiger partial charge in [0.2, 0.25) is 0 Å². The van der Waals surface area contributed by atoms with E-state index in [0.717, 1.165) is 19.3 Å². The Bertz CT molecular complexity index is 636. The average Bonchev–Trinajstić information content (AvgIpc) is 2.95. The Kier molecular flexibility index (Phi) is 2.90. The number of aliphatic hydroxyl groups excluding tert-OH is 1. The molecule has 0 aromatic rings. The van der Waals surface area contributed by atoms with Crippen molar-refractivity contribution >= 4 is 0 Å². The Morgan fingerprint density at radius 2 is 1.84 bits per heavy atom. The highest BCUT2D eigenvalue weighted by Crippen LogP contribution is 2.82. The van der Waals surface area contributed by atoms with Crippen LogP contribution in [0, 0.1) is 40.4 Å². The predicted molar refractivity (Wildman–Crippen MR) is 90.3 cm³/mol. The van der Waals surface area contributed by atoms with Crippen molar-refractivity contribution in [2.24, 2.45) is 40.4 Å². The van der Waals surface area contributed by atoms with Gasteiger partial charge in [-0.1, -0.05) is 20.8 Å². The van der Waals surface area contributed by atoms with E-state index in [9.17, 15) is 20.4 Å². The highest BCUT2D eigenvalue weighted by molar-refractivity contribution is 5.35. The first kappa shape index (κ1) is 16.9. The molecule has 0 radical (unpaired) electrons. The van der Waals surface area contributed by atoms with Gasteiger partial charge in [0.05, 0.1) is 17.1 Å². The average molecular weight is 352 g/mol. The number of hydrogen-bond acceptors (Lipinski definition) is 5. The van der Waals surface area contributed by atoms with Gasteiger partial charge in [0.25, 0.3) is 0 Å². The summed E-state index contributed by atoms with van der Waals surface area (Å²) in [6.45, 7) is 8.08. The highest BCUT2D eigenvalue weighted by atomic mass is 16.7. The number of aliphatic hydroxyl groups is 4. The molecule has 11 atom stereocenters. The molecule has 5 nitrogen and oxygen atoms in total. The minimum Gasteiger partial charge on any atom is -0.396 e. The van der Waals surface area contributed by atoms with Crippen LogP contribution in [0.1, 0.15) is 53.4 Å². The Hall–Kier alpha value is -0.200. The van der Waals surface area contributed by atoms with Crippen molar-refractivity contribution in [3.05, 3.63) is 0 Å². The van der Waals surface area contributed by atoms with Crippen molar-refractivity contribution < 1.29 is 25.2 Å². The Balaban J connectivity index is 1.75. The van der Waals surface area contributed by atoms with Crippen LogP contribution in [0.5, 0.6) is 0 Å². The maximum Gasteiger partial charge on any atom is 0.175 e. The third-order valence-electron chi connectivity index (χ3n) is 9.84. The normalized spacial score (nSPS) is 68.4. The molecule has 0 spiro atoms. The molecular weight excluding hydrogens is 320 g/mol. The molecule has 4 saturated carbocycles. The zero-order valence-electron chi connectivity index (χ0n) is 15.7. The maximum absolute atomic E-state index is 12.1. The Morgan fingerprint density at radius 1 is 1.16 bits per heavy atom. The minimum absolute atomic E-state index is 0.00352. The molecule has 5 fully saturated rings. The molecule has 0 amide bonds. The molecule has 5 heteroatoms. The van der Waals surface area contributed by atoms with Gasteiger partial charge in [0.1, 0.15) is 5.60 Å². The Labute approximate surface area is 149 Å². The first-order valence-electron chi connectivity index (χ1n) is 9.93. The number of rotatable bonds is 2. The lowest BCUT2D eigenvalue weighted by atomic mass is 9.43. The van der Waals surface area contributed by atoms with Crippen LogP contribution in [0.25, 0.3) is 0 Å². The highest BCUT2D eigenvalue weighted by Gasteiger charge is 2.89. The summed E-state index contributed by atoms with van der Waals surface area (Å²) in [4.78, 5) is 0. The molecule has 1 saturated heterocycles. The second-order valence-electron chi connectivity index (χ2n) is 10.6. The van der Waals surface area contributed by atoms with E-state index in [2.05, 4.69) is 6.92 Å². The van der Waals surface area contributed by atoms with Crippen LogP contribution >= 0.6 is 0 Å². The molecule has 5 aliphatic rings. The molecule has 4 aliphatic carbocycles. The van der Waals surface area contributed by atoms with Crippen LogP contribution in [0.3, 0.4) is 0 Å². The van der Waals surface area contributed by atoms with E-state index in [1.54, 1.807) is 0 Å². The van der Waals surface area contributed by atoms with Gasteiger partial charge >= 0.3 is 0 Å². The summed E-state index contributed by atoms with van der Waals surface area (Å²) in [7, 11) is 0. The fourth-order valence-electron chi connectivity index (χ4n) is 8.65. The van der Waals surface area contributed by atoms with Crippen LogP contribution in [-0.2, 0) is 4.74 Å². The SMILES string of the molecule is CC(CO)[C@@H]1C[C@H]2[C@]3(C)CC4(O)O[C@H]([C@H]5[C@@H]3CC[C@]5(C)O)[C@@]2(O)[C@]14C. The molecule has 0 aromatic carbocycles. The zero-order chi connectivity index (χ0) is 18.2. The van der Waals surface area contributed by atoms with Gasteiger partial charge in [-0.2, -0.15) is 0 Å². The van der Waals surface area contributed by atoms with Crippen molar-refractivity contribution in [3.8, 4) is 0 Å². The van der Waals surface area contributed by atoms with Crippen molar-refractivity contribution in [2.75, 3.05) is 6.61 Å². The summed E-state index contributed by atoms with van der Waals surface area (Å²) in [6.07, 6.45) is 2.46. The van der Waals surface area contributed by atoms with Crippen molar-refractivity contribution in [1.29, 1.82) is 0 Å². The van der Waals surface area contributed by atoms with E-state index < -0.39 is 28.5 Å². The third-order valence-corrected chi connectivity index (χ3v) is 9.84. The molecule has 1 aliphatic heterocycles. The van der Waals surface area contributed by atoms with Gasteiger partial charge in [0.15, 0.2) is 5.79 Å². The summed E-state index contributed by atoms with van der Waals surface area (Å²) in [5.41, 5.74) is -3.06. The smallest absolute Gasteiger partial charge is 0.175 e. The zero-order valence-corrected chi connectivity index (χ0v) is 15.7. The fraction of sp³-hybridized carbons (Fsp3) is 1.00. The summed E-state index contributed by atoms with van der Waals surface area (Å²) in [6, 6.07) is 0. The lowest BCUT2D eigenvalue weighted by Crippen LogP contribution is -2.71. The first-order valence-corrected chi connectivity index (χ1v) is 9.93. The first-order chi connectivity index (χ1) is 11.5. The van der Waals surface area contributed by atoms with Crippen LogP contribution in [0.15, 0.2) is 0 Å². The third kappa shape index (κ3) is 1.43. The van der Waals surface area contributed by atoms with Crippen LogP contribution in [-0.4, -0.2) is 50.1 Å². The van der Waals surface area contributed by atoms with Gasteiger partial charge in [-0.05, 0) is 55.3 Å². The van der Waals surface area contributed by atoms with Crippen molar-refractivity contribution in [1.82, 2.24) is 0 Å². The fourth-order valence-corrected chi connectivity index (χ4v) is 8.65. The van der Waals surface area contributed by atoms with Crippen molar-refractivity contribution in [2.45, 2.75) is 76.5 Å². The molecule has 5 bridgehead atoms. The van der Waals surface area contributed by atoms with E-state index in [-0.39, 0.29) is 41.6 Å². The van der Waals surface area contributed by atoms with E-state index in [1.165, 1.54) is 0 Å². The topological polar surface area (TPSA) is 90.2 Å². The van der Waals surface area contributed by atoms with E-state index in [4.69, 9.17) is 4.74 Å². The number of hydrogen-bond donors (Lipinski definition) is 4. The summed E-state index contributed by atoms with van der Waals surface area (Å²) >= 11 is 0. The van der Waals surface area contributed by atoms with E-state index in [1.807, 2.05) is 20.8 Å². The number of ether oxygens (including phenoxy) is 1. The molecule has 5 rings (SSSR count). The largest absolute Gasteiger partial charge is 0.396 e. The monoisotopic (exact) mass is 352 g/mol. The van der Waals surface area contributed by atoms with E-state index in [0.29, 0.717) is 6.42 Å². The molecule has 1 heterocycles. The minimum atomic E-state index is -1.39. The van der Waals surface area contributed by atoms with Crippen molar-refractivity contribution in [3.63, 3.8) is 0 Å². The maximum atomic E-state index is 12.1. The second kappa shape index (κ2) is 4.27. The predicted octanol–water partition coefficient (Wildman–Crippen LogP) is 1.28. The summed E-state index contributed by atoms with van der Waals surface area (Å²) < 4.78 is 6.31. The lowest BCUT2D eigenvalue weighted by Gasteiger charge is -2.62. The summed E-state index contributed by atoms with van der Waals surface area (Å²) in [5, 5.41) is 44.7. The second-order valence-corrected chi connectivity index (χ2v) is 10.6. The molecular formula is C20H32O5. The van der Waals surface area contributed by atoms with Gasteiger partial charge in [-0.15, -0.1) is 0 Å². The Morgan fingerprint density at radius 3 is 2.48 bits per heavy atom. The molecule has 0 aromatic heterocycles. The van der Waals surface area contributed by atoms with Gasteiger partial charge in [-0.25, -0.2) is 0 Å². The quantitative estimate of drug-likeness (QED) is 0.601. The lowest BCUT2D eigenvalue weighted by molar-refractivity contribution is -0.283. The summed E-state index contributed by atoms with van der Waals surface area (Å²) in [5.74, 6) is -1.21. The molecule has 142 valence electrons.